The van der Waals surface area contributed by atoms with Crippen molar-refractivity contribution in [2.75, 3.05) is 11.6 Å². The maximum Gasteiger partial charge on any atom is 0.322 e. The van der Waals surface area contributed by atoms with Crippen molar-refractivity contribution in [3.63, 3.8) is 0 Å². The summed E-state index contributed by atoms with van der Waals surface area (Å²) < 4.78 is 29.1. The monoisotopic (exact) mass is 441 g/mol. The molecule has 0 fully saturated rings. The van der Waals surface area contributed by atoms with E-state index in [1.54, 1.807) is 24.3 Å². The van der Waals surface area contributed by atoms with E-state index in [2.05, 4.69) is 31.4 Å². The maximum atomic E-state index is 12.0. The fraction of sp³-hybridized carbons (Fsp3) is 0.133. The van der Waals surface area contributed by atoms with Gasteiger partial charge in [-0.1, -0.05) is 17.2 Å². The molecule has 0 bridgehead atoms. The molecule has 25 heavy (non-hydrogen) atoms. The highest BCUT2D eigenvalue weighted by atomic mass is 79.9. The summed E-state index contributed by atoms with van der Waals surface area (Å²) in [5.74, 6) is -0.0156. The van der Waals surface area contributed by atoms with Crippen molar-refractivity contribution < 1.29 is 17.6 Å². The number of hydrogen-bond donors (Lipinski definition) is 1. The summed E-state index contributed by atoms with van der Waals surface area (Å²) >= 11 is 4.59. The Kier molecular flexibility index (Phi) is 5.02. The lowest BCUT2D eigenvalue weighted by molar-refractivity contribution is 0.102. The molecule has 0 unspecified atom stereocenters. The molecule has 0 aliphatic heterocycles. The summed E-state index contributed by atoms with van der Waals surface area (Å²) in [5.41, 5.74) is 0.816. The summed E-state index contributed by atoms with van der Waals surface area (Å²) in [6, 6.07) is 9.89. The van der Waals surface area contributed by atoms with E-state index in [-0.39, 0.29) is 16.8 Å². The number of aromatic nitrogens is 2. The van der Waals surface area contributed by atoms with Crippen LogP contribution in [-0.4, -0.2) is 30.8 Å². The number of anilines is 1. The topological polar surface area (TPSA) is 102 Å². The number of halogens is 1. The Hall–Kier alpha value is -2.04. The van der Waals surface area contributed by atoms with Crippen LogP contribution >= 0.6 is 27.3 Å². The van der Waals surface area contributed by atoms with Crippen LogP contribution in [0.4, 0.5) is 6.01 Å². The van der Waals surface area contributed by atoms with Gasteiger partial charge in [-0.25, -0.2) is 8.42 Å². The number of hydrogen-bond acceptors (Lipinski definition) is 7. The van der Waals surface area contributed by atoms with Crippen molar-refractivity contribution in [2.45, 2.75) is 11.3 Å². The zero-order chi connectivity index (χ0) is 18.0. The number of carbonyl (C=O) groups is 1. The third-order valence-corrected chi connectivity index (χ3v) is 5.94. The molecule has 130 valence electrons. The van der Waals surface area contributed by atoms with Crippen LogP contribution in [0.25, 0.3) is 0 Å². The molecule has 0 spiro atoms. The van der Waals surface area contributed by atoms with Crippen LogP contribution < -0.4 is 5.32 Å². The van der Waals surface area contributed by atoms with Gasteiger partial charge in [-0.2, -0.15) is 0 Å². The van der Waals surface area contributed by atoms with Gasteiger partial charge in [-0.05, 0) is 45.8 Å². The Morgan fingerprint density at radius 3 is 2.52 bits per heavy atom. The van der Waals surface area contributed by atoms with Crippen LogP contribution in [0.1, 0.15) is 21.1 Å². The van der Waals surface area contributed by atoms with Crippen LogP contribution in [0.5, 0.6) is 0 Å². The van der Waals surface area contributed by atoms with Gasteiger partial charge in [-0.15, -0.1) is 16.4 Å². The Bertz CT molecular complexity index is 1010. The predicted octanol–water partition coefficient (Wildman–Crippen LogP) is 3.14. The Morgan fingerprint density at radius 1 is 1.20 bits per heavy atom. The molecule has 1 aromatic carbocycles. The zero-order valence-electron chi connectivity index (χ0n) is 12.9. The predicted molar refractivity (Wildman–Crippen MR) is 96.6 cm³/mol. The van der Waals surface area contributed by atoms with Gasteiger partial charge < -0.3 is 4.42 Å². The lowest BCUT2D eigenvalue weighted by Gasteiger charge is -2.00. The maximum absolute atomic E-state index is 12.0. The van der Waals surface area contributed by atoms with Crippen molar-refractivity contribution >= 4 is 49.0 Å². The lowest BCUT2D eigenvalue weighted by atomic mass is 10.1. The van der Waals surface area contributed by atoms with Crippen molar-refractivity contribution in [1.29, 1.82) is 0 Å². The quantitative estimate of drug-likeness (QED) is 0.652. The van der Waals surface area contributed by atoms with Gasteiger partial charge in [0.1, 0.15) is 0 Å². The average molecular weight is 442 g/mol. The number of benzene rings is 1. The standard InChI is InChI=1S/C15H12BrN3O4S2/c1-25(21,22)10-4-2-9(3-5-10)8-13-18-19-15(23-13)17-14(20)11-6-7-12(16)24-11/h2-7H,8H2,1H3,(H,17,19,20). The Balaban J connectivity index is 1.66. The first-order valence-electron chi connectivity index (χ1n) is 6.99. The molecule has 1 N–H and O–H groups in total. The summed E-state index contributed by atoms with van der Waals surface area (Å²) in [7, 11) is -3.23. The fourth-order valence-corrected chi connectivity index (χ4v) is 3.91. The van der Waals surface area contributed by atoms with Crippen LogP contribution in [0.15, 0.2) is 49.5 Å². The molecule has 2 aromatic heterocycles. The second-order valence-electron chi connectivity index (χ2n) is 5.15. The molecule has 0 aliphatic carbocycles. The van der Waals surface area contributed by atoms with Gasteiger partial charge in [-0.3, -0.25) is 10.1 Å². The third kappa shape index (κ3) is 4.53. The van der Waals surface area contributed by atoms with Crippen LogP contribution in [-0.2, 0) is 16.3 Å². The first kappa shape index (κ1) is 17.8. The largest absolute Gasteiger partial charge is 0.407 e. The average Bonchev–Trinajstić information content (AvgIpc) is 3.16. The minimum absolute atomic E-state index is 0.0114. The molecular formula is C15H12BrN3O4S2. The van der Waals surface area contributed by atoms with E-state index in [0.717, 1.165) is 15.6 Å². The number of amides is 1. The highest BCUT2D eigenvalue weighted by Gasteiger charge is 2.14. The first-order valence-corrected chi connectivity index (χ1v) is 10.5. The van der Waals surface area contributed by atoms with Gasteiger partial charge >= 0.3 is 6.01 Å². The molecule has 2 heterocycles. The van der Waals surface area contributed by atoms with Crippen LogP contribution in [0, 0.1) is 0 Å². The number of nitrogens with one attached hydrogen (secondary N) is 1. The normalized spacial score (nSPS) is 11.4. The van der Waals surface area contributed by atoms with E-state index >= 15 is 0 Å². The SMILES string of the molecule is CS(=O)(=O)c1ccc(Cc2nnc(NC(=O)c3ccc(Br)s3)o2)cc1. The van der Waals surface area contributed by atoms with E-state index in [1.807, 2.05) is 0 Å². The van der Waals surface area contributed by atoms with Gasteiger partial charge in [0.15, 0.2) is 9.84 Å². The summed E-state index contributed by atoms with van der Waals surface area (Å²) in [6.07, 6.45) is 1.48. The molecule has 0 saturated carbocycles. The van der Waals surface area contributed by atoms with Crippen molar-refractivity contribution in [1.82, 2.24) is 10.2 Å². The van der Waals surface area contributed by atoms with Crippen LogP contribution in [0.2, 0.25) is 0 Å². The highest BCUT2D eigenvalue weighted by Crippen LogP contribution is 2.23. The van der Waals surface area contributed by atoms with Crippen molar-refractivity contribution in [3.05, 3.63) is 56.5 Å². The molecule has 10 heteroatoms. The molecular weight excluding hydrogens is 430 g/mol. The number of rotatable bonds is 5. The lowest BCUT2D eigenvalue weighted by Crippen LogP contribution is -2.10. The van der Waals surface area contributed by atoms with Crippen molar-refractivity contribution in [2.24, 2.45) is 0 Å². The molecule has 0 aliphatic rings. The molecule has 1 amide bonds. The Morgan fingerprint density at radius 2 is 1.92 bits per heavy atom. The van der Waals surface area contributed by atoms with E-state index in [4.69, 9.17) is 4.42 Å². The van der Waals surface area contributed by atoms with E-state index in [0.29, 0.717) is 17.2 Å². The third-order valence-electron chi connectivity index (χ3n) is 3.19. The minimum atomic E-state index is -3.23. The number of carbonyl (C=O) groups excluding carboxylic acids is 1. The van der Waals surface area contributed by atoms with Gasteiger partial charge in [0.2, 0.25) is 5.89 Å². The highest BCUT2D eigenvalue weighted by molar-refractivity contribution is 9.11. The number of thiophene rings is 1. The molecule has 7 nitrogen and oxygen atoms in total. The summed E-state index contributed by atoms with van der Waals surface area (Å²) in [5, 5.41) is 10.2. The Labute approximate surface area is 156 Å². The number of nitrogens with zero attached hydrogens (tertiary/aromatic N) is 2. The molecule has 0 saturated heterocycles. The van der Waals surface area contributed by atoms with E-state index < -0.39 is 9.84 Å². The zero-order valence-corrected chi connectivity index (χ0v) is 16.1. The van der Waals surface area contributed by atoms with E-state index in [1.165, 1.54) is 23.5 Å². The van der Waals surface area contributed by atoms with Crippen molar-refractivity contribution in [3.8, 4) is 0 Å². The molecule has 3 rings (SSSR count). The fourth-order valence-electron chi connectivity index (χ4n) is 2.00. The minimum Gasteiger partial charge on any atom is -0.407 e. The smallest absolute Gasteiger partial charge is 0.322 e. The molecule has 0 atom stereocenters. The molecule has 3 aromatic rings. The van der Waals surface area contributed by atoms with Crippen LogP contribution in [0.3, 0.4) is 0 Å². The first-order chi connectivity index (χ1) is 11.8. The van der Waals surface area contributed by atoms with Gasteiger partial charge in [0.05, 0.1) is 20.0 Å². The molecule has 0 radical (unpaired) electrons. The second kappa shape index (κ2) is 7.06. The summed E-state index contributed by atoms with van der Waals surface area (Å²) in [4.78, 5) is 12.8. The number of sulfone groups is 1. The van der Waals surface area contributed by atoms with Gasteiger partial charge in [0, 0.05) is 6.26 Å². The van der Waals surface area contributed by atoms with E-state index in [9.17, 15) is 13.2 Å². The second-order valence-corrected chi connectivity index (χ2v) is 9.63. The summed E-state index contributed by atoms with van der Waals surface area (Å²) in [6.45, 7) is 0. The van der Waals surface area contributed by atoms with Gasteiger partial charge in [0.25, 0.3) is 5.91 Å².